The summed E-state index contributed by atoms with van der Waals surface area (Å²) in [6.07, 6.45) is 3.06. The lowest BCUT2D eigenvalue weighted by Crippen LogP contribution is -2.28. The summed E-state index contributed by atoms with van der Waals surface area (Å²) in [7, 11) is 0. The maximum absolute atomic E-state index is 13.1. The summed E-state index contributed by atoms with van der Waals surface area (Å²) in [4.78, 5) is 0. The van der Waals surface area contributed by atoms with Crippen LogP contribution in [0.15, 0.2) is 16.6 Å². The molecule has 1 aliphatic heterocycles. The summed E-state index contributed by atoms with van der Waals surface area (Å²) in [6.45, 7) is 2.07. The topological polar surface area (TPSA) is 32.3 Å². The van der Waals surface area contributed by atoms with E-state index in [0.717, 1.165) is 37.9 Å². The smallest absolute Gasteiger partial charge is 0.141 e. The van der Waals surface area contributed by atoms with Crippen LogP contribution >= 0.6 is 15.9 Å². The van der Waals surface area contributed by atoms with Gasteiger partial charge in [-0.15, -0.1) is 0 Å². The first-order valence-electron chi connectivity index (χ1n) is 5.54. The average Bonchev–Trinajstić information content (AvgIpc) is 2.27. The molecule has 1 aromatic carbocycles. The van der Waals surface area contributed by atoms with Crippen molar-refractivity contribution in [2.24, 2.45) is 5.92 Å². The highest BCUT2D eigenvalue weighted by molar-refractivity contribution is 9.10. The van der Waals surface area contributed by atoms with E-state index in [1.807, 2.05) is 0 Å². The fraction of sp³-hybridized carbons (Fsp3) is 0.500. The van der Waals surface area contributed by atoms with Gasteiger partial charge in [-0.2, -0.15) is 0 Å². The van der Waals surface area contributed by atoms with Gasteiger partial charge < -0.3 is 10.4 Å². The van der Waals surface area contributed by atoms with Gasteiger partial charge in [0.15, 0.2) is 0 Å². The maximum atomic E-state index is 13.1. The molecule has 0 bridgehead atoms. The van der Waals surface area contributed by atoms with Gasteiger partial charge in [-0.1, -0.05) is 0 Å². The van der Waals surface area contributed by atoms with Gasteiger partial charge in [0.2, 0.25) is 0 Å². The summed E-state index contributed by atoms with van der Waals surface area (Å²) in [5.41, 5.74) is 0.833. The van der Waals surface area contributed by atoms with Crippen LogP contribution in [-0.4, -0.2) is 18.2 Å². The molecule has 4 heteroatoms. The van der Waals surface area contributed by atoms with Crippen LogP contribution in [0.3, 0.4) is 0 Å². The summed E-state index contributed by atoms with van der Waals surface area (Å²) >= 11 is 3.15. The predicted molar refractivity (Wildman–Crippen MR) is 65.1 cm³/mol. The molecule has 0 spiro atoms. The zero-order chi connectivity index (χ0) is 11.5. The lowest BCUT2D eigenvalue weighted by molar-refractivity contribution is 0.366. The van der Waals surface area contributed by atoms with Crippen LogP contribution in [0.2, 0.25) is 0 Å². The Labute approximate surface area is 103 Å². The number of halogens is 2. The van der Waals surface area contributed by atoms with Gasteiger partial charge >= 0.3 is 0 Å². The second-order valence-corrected chi connectivity index (χ2v) is 5.15. The molecule has 0 aliphatic carbocycles. The molecule has 1 saturated heterocycles. The quantitative estimate of drug-likeness (QED) is 0.877. The standard InChI is InChI=1S/C12H15BrFNO/c13-10-6-9(12(16)7-11(10)14)5-8-1-3-15-4-2-8/h6-8,15-16H,1-5H2. The van der Waals surface area contributed by atoms with Crippen molar-refractivity contribution in [3.05, 3.63) is 28.0 Å². The van der Waals surface area contributed by atoms with Crippen LogP contribution in [0.25, 0.3) is 0 Å². The highest BCUT2D eigenvalue weighted by atomic mass is 79.9. The van der Waals surface area contributed by atoms with Crippen LogP contribution < -0.4 is 5.32 Å². The zero-order valence-corrected chi connectivity index (χ0v) is 10.6. The fourth-order valence-electron chi connectivity index (χ4n) is 2.14. The van der Waals surface area contributed by atoms with Crippen molar-refractivity contribution in [1.82, 2.24) is 5.32 Å². The van der Waals surface area contributed by atoms with Crippen LogP contribution in [0.4, 0.5) is 4.39 Å². The number of benzene rings is 1. The highest BCUT2D eigenvalue weighted by Gasteiger charge is 2.16. The van der Waals surface area contributed by atoms with Crippen LogP contribution in [-0.2, 0) is 6.42 Å². The van der Waals surface area contributed by atoms with Gasteiger partial charge in [0, 0.05) is 6.07 Å². The van der Waals surface area contributed by atoms with E-state index in [1.165, 1.54) is 6.07 Å². The molecule has 0 aromatic heterocycles. The molecule has 1 fully saturated rings. The van der Waals surface area contributed by atoms with Gasteiger partial charge in [-0.3, -0.25) is 0 Å². The summed E-state index contributed by atoms with van der Waals surface area (Å²) in [5, 5.41) is 13.0. The number of phenolic OH excluding ortho intramolecular Hbond substituents is 1. The first-order chi connectivity index (χ1) is 7.66. The number of piperidine rings is 1. The van der Waals surface area contributed by atoms with E-state index < -0.39 is 5.82 Å². The Morgan fingerprint density at radius 2 is 2.06 bits per heavy atom. The fourth-order valence-corrected chi connectivity index (χ4v) is 2.53. The Balaban J connectivity index is 2.11. The molecule has 0 radical (unpaired) electrons. The van der Waals surface area contributed by atoms with Gasteiger partial charge in [0.25, 0.3) is 0 Å². The molecule has 1 heterocycles. The first kappa shape index (κ1) is 11.9. The lowest BCUT2D eigenvalue weighted by atomic mass is 9.90. The van der Waals surface area contributed by atoms with Crippen molar-refractivity contribution in [1.29, 1.82) is 0 Å². The molecular formula is C12H15BrFNO. The molecule has 0 amide bonds. The summed E-state index contributed by atoms with van der Waals surface area (Å²) in [5.74, 6) is 0.246. The molecular weight excluding hydrogens is 273 g/mol. The normalized spacial score (nSPS) is 17.6. The van der Waals surface area contributed by atoms with E-state index in [-0.39, 0.29) is 5.75 Å². The van der Waals surface area contributed by atoms with Gasteiger partial charge in [-0.05, 0) is 65.8 Å². The summed E-state index contributed by atoms with van der Waals surface area (Å²) < 4.78 is 13.5. The highest BCUT2D eigenvalue weighted by Crippen LogP contribution is 2.29. The molecule has 2 N–H and O–H groups in total. The minimum absolute atomic E-state index is 0.0687. The number of nitrogens with one attached hydrogen (secondary N) is 1. The molecule has 1 aliphatic rings. The van der Waals surface area contributed by atoms with Crippen molar-refractivity contribution in [2.75, 3.05) is 13.1 Å². The number of rotatable bonds is 2. The van der Waals surface area contributed by atoms with Crippen LogP contribution in [0, 0.1) is 11.7 Å². The monoisotopic (exact) mass is 287 g/mol. The Morgan fingerprint density at radius 1 is 1.38 bits per heavy atom. The Morgan fingerprint density at radius 3 is 2.75 bits per heavy atom. The molecule has 1 aromatic rings. The second kappa shape index (κ2) is 5.15. The third-order valence-electron chi connectivity index (χ3n) is 3.09. The van der Waals surface area contributed by atoms with E-state index in [9.17, 15) is 9.50 Å². The van der Waals surface area contributed by atoms with Crippen LogP contribution in [0.1, 0.15) is 18.4 Å². The molecule has 2 rings (SSSR count). The van der Waals surface area contributed by atoms with Gasteiger partial charge in [0.1, 0.15) is 11.6 Å². The van der Waals surface area contributed by atoms with Crippen LogP contribution in [0.5, 0.6) is 5.75 Å². The Hall–Kier alpha value is -0.610. The molecule has 2 nitrogen and oxygen atoms in total. The van der Waals surface area contributed by atoms with Crippen molar-refractivity contribution >= 4 is 15.9 Å². The zero-order valence-electron chi connectivity index (χ0n) is 8.97. The van der Waals surface area contributed by atoms with Gasteiger partial charge in [0.05, 0.1) is 4.47 Å². The van der Waals surface area contributed by atoms with Crippen molar-refractivity contribution in [2.45, 2.75) is 19.3 Å². The molecule has 0 atom stereocenters. The van der Waals surface area contributed by atoms with Crippen molar-refractivity contribution in [3.8, 4) is 5.75 Å². The lowest BCUT2D eigenvalue weighted by Gasteiger charge is -2.23. The molecule has 88 valence electrons. The van der Waals surface area contributed by atoms with E-state index in [1.54, 1.807) is 6.07 Å². The van der Waals surface area contributed by atoms with E-state index >= 15 is 0 Å². The Bertz CT molecular complexity index is 378. The predicted octanol–water partition coefficient (Wildman–Crippen LogP) is 2.84. The number of phenols is 1. The molecule has 0 unspecified atom stereocenters. The van der Waals surface area contributed by atoms with Gasteiger partial charge in [-0.25, -0.2) is 4.39 Å². The largest absolute Gasteiger partial charge is 0.508 e. The Kier molecular flexibility index (Phi) is 3.82. The van der Waals surface area contributed by atoms with E-state index in [2.05, 4.69) is 21.2 Å². The van der Waals surface area contributed by atoms with Crippen molar-refractivity contribution in [3.63, 3.8) is 0 Å². The minimum atomic E-state index is -0.411. The number of hydrogen-bond acceptors (Lipinski definition) is 2. The second-order valence-electron chi connectivity index (χ2n) is 4.29. The molecule has 16 heavy (non-hydrogen) atoms. The SMILES string of the molecule is Oc1cc(F)c(Br)cc1CC1CCNCC1. The third kappa shape index (κ3) is 2.74. The maximum Gasteiger partial charge on any atom is 0.141 e. The van der Waals surface area contributed by atoms with E-state index in [0.29, 0.717) is 10.4 Å². The molecule has 0 saturated carbocycles. The average molecular weight is 288 g/mol. The number of hydrogen-bond donors (Lipinski definition) is 2. The van der Waals surface area contributed by atoms with E-state index in [4.69, 9.17) is 0 Å². The third-order valence-corrected chi connectivity index (χ3v) is 3.70. The number of aromatic hydroxyl groups is 1. The minimum Gasteiger partial charge on any atom is -0.508 e. The first-order valence-corrected chi connectivity index (χ1v) is 6.33. The van der Waals surface area contributed by atoms with Crippen molar-refractivity contribution < 1.29 is 9.50 Å². The summed E-state index contributed by atoms with van der Waals surface area (Å²) in [6, 6.07) is 2.87.